The first kappa shape index (κ1) is 15.1. The summed E-state index contributed by atoms with van der Waals surface area (Å²) in [5, 5.41) is 12.0. The third kappa shape index (κ3) is 2.32. The molecule has 7 nitrogen and oxygen atoms in total. The maximum Gasteiger partial charge on any atom is 0.274 e. The van der Waals surface area contributed by atoms with Crippen molar-refractivity contribution in [2.75, 3.05) is 13.1 Å². The summed E-state index contributed by atoms with van der Waals surface area (Å²) < 4.78 is 1.76. The number of hydrogen-bond donors (Lipinski definition) is 1. The van der Waals surface area contributed by atoms with Crippen LogP contribution in [0, 0.1) is 12.3 Å². The molecule has 1 unspecified atom stereocenters. The molecule has 3 fully saturated rings. The number of nitrogens with zero attached hydrogens (tertiary/aromatic N) is 5. The van der Waals surface area contributed by atoms with Crippen LogP contribution in [0.4, 0.5) is 0 Å². The maximum absolute atomic E-state index is 12.9. The van der Waals surface area contributed by atoms with Crippen LogP contribution in [0.2, 0.25) is 0 Å². The van der Waals surface area contributed by atoms with Crippen LogP contribution in [0.3, 0.4) is 0 Å². The average molecular weight is 340 g/mol. The van der Waals surface area contributed by atoms with E-state index in [1.54, 1.807) is 4.68 Å². The topological polar surface area (TPSA) is 79.7 Å². The van der Waals surface area contributed by atoms with E-state index in [2.05, 4.69) is 15.3 Å². The minimum Gasteiger partial charge on any atom is -0.336 e. The second-order valence-electron chi connectivity index (χ2n) is 8.10. The molecule has 3 aliphatic rings. The van der Waals surface area contributed by atoms with Gasteiger partial charge < -0.3 is 4.90 Å². The molecular formula is C18H24N6O. The van der Waals surface area contributed by atoms with E-state index in [4.69, 9.17) is 4.98 Å². The summed E-state index contributed by atoms with van der Waals surface area (Å²) in [5.41, 5.74) is 1.73. The zero-order valence-electron chi connectivity index (χ0n) is 14.8. The van der Waals surface area contributed by atoms with Crippen molar-refractivity contribution >= 4 is 5.91 Å². The second kappa shape index (κ2) is 5.16. The molecule has 1 amide bonds. The molecule has 132 valence electrons. The fourth-order valence-electron chi connectivity index (χ4n) is 4.43. The summed E-state index contributed by atoms with van der Waals surface area (Å²) in [6.07, 6.45) is 5.99. The van der Waals surface area contributed by atoms with E-state index in [1.165, 1.54) is 32.1 Å². The molecule has 1 spiro atoms. The highest BCUT2D eigenvalue weighted by Crippen LogP contribution is 2.55. The third-order valence-corrected chi connectivity index (χ3v) is 6.41. The van der Waals surface area contributed by atoms with E-state index in [9.17, 15) is 4.79 Å². The SMILES string of the molecule is Cc1cc(C(=O)N2CC(c3nc(C4CC4)n[nH]3)C3(CCC3)C2)nn1C. The Balaban J connectivity index is 1.41. The van der Waals surface area contributed by atoms with Crippen LogP contribution in [0.5, 0.6) is 0 Å². The molecule has 1 aliphatic heterocycles. The molecule has 1 N–H and O–H groups in total. The van der Waals surface area contributed by atoms with Gasteiger partial charge in [-0.2, -0.15) is 10.2 Å². The number of rotatable bonds is 3. The van der Waals surface area contributed by atoms with Crippen LogP contribution >= 0.6 is 0 Å². The fourth-order valence-corrected chi connectivity index (χ4v) is 4.43. The van der Waals surface area contributed by atoms with Crippen LogP contribution < -0.4 is 0 Å². The second-order valence-corrected chi connectivity index (χ2v) is 8.10. The van der Waals surface area contributed by atoms with Crippen molar-refractivity contribution < 1.29 is 4.79 Å². The number of carbonyl (C=O) groups excluding carboxylic acids is 1. The Morgan fingerprint density at radius 1 is 1.36 bits per heavy atom. The molecule has 0 bridgehead atoms. The predicted molar refractivity (Wildman–Crippen MR) is 91.2 cm³/mol. The lowest BCUT2D eigenvalue weighted by atomic mass is 9.62. The van der Waals surface area contributed by atoms with Crippen LogP contribution in [-0.4, -0.2) is 48.9 Å². The third-order valence-electron chi connectivity index (χ3n) is 6.41. The summed E-state index contributed by atoms with van der Waals surface area (Å²) in [5.74, 6) is 2.82. The lowest BCUT2D eigenvalue weighted by Gasteiger charge is -2.41. The van der Waals surface area contributed by atoms with Crippen LogP contribution in [0.15, 0.2) is 6.07 Å². The van der Waals surface area contributed by atoms with Gasteiger partial charge in [0.2, 0.25) is 0 Å². The van der Waals surface area contributed by atoms with Crippen molar-refractivity contribution in [3.63, 3.8) is 0 Å². The Hall–Kier alpha value is -2.18. The first-order valence-corrected chi connectivity index (χ1v) is 9.28. The van der Waals surface area contributed by atoms with Gasteiger partial charge in [-0.15, -0.1) is 0 Å². The van der Waals surface area contributed by atoms with Crippen LogP contribution in [-0.2, 0) is 7.05 Å². The summed E-state index contributed by atoms with van der Waals surface area (Å²) in [6, 6.07) is 1.88. The van der Waals surface area contributed by atoms with Crippen molar-refractivity contribution in [1.29, 1.82) is 0 Å². The Labute approximate surface area is 146 Å². The Morgan fingerprint density at radius 3 is 2.76 bits per heavy atom. The minimum atomic E-state index is 0.0411. The number of carbonyl (C=O) groups is 1. The molecule has 1 saturated heterocycles. The Bertz CT molecular complexity index is 809. The van der Waals surface area contributed by atoms with Gasteiger partial charge in [-0.05, 0) is 44.1 Å². The van der Waals surface area contributed by atoms with E-state index >= 15 is 0 Å². The number of hydrogen-bond acceptors (Lipinski definition) is 4. The van der Waals surface area contributed by atoms with Gasteiger partial charge in [-0.3, -0.25) is 14.6 Å². The number of aryl methyl sites for hydroxylation is 2. The molecule has 0 radical (unpaired) electrons. The van der Waals surface area contributed by atoms with E-state index < -0.39 is 0 Å². The number of aromatic amines is 1. The highest BCUT2D eigenvalue weighted by atomic mass is 16.2. The first-order chi connectivity index (χ1) is 12.1. The lowest BCUT2D eigenvalue weighted by Crippen LogP contribution is -2.38. The van der Waals surface area contributed by atoms with Gasteiger partial charge in [0.25, 0.3) is 5.91 Å². The minimum absolute atomic E-state index is 0.0411. The predicted octanol–water partition coefficient (Wildman–Crippen LogP) is 2.13. The van der Waals surface area contributed by atoms with Crippen molar-refractivity contribution in [2.24, 2.45) is 12.5 Å². The highest BCUT2D eigenvalue weighted by Gasteiger charge is 2.53. The molecule has 1 atom stereocenters. The molecule has 25 heavy (non-hydrogen) atoms. The standard InChI is InChI=1S/C18H24N6O/c1-11-8-14(22-23(11)2)17(25)24-9-13(18(10-24)6-3-7-18)16-19-15(20-21-16)12-4-5-12/h8,12-13H,3-7,9-10H2,1-2H3,(H,19,20,21). The van der Waals surface area contributed by atoms with E-state index in [-0.39, 0.29) is 17.2 Å². The van der Waals surface area contributed by atoms with Crippen LogP contribution in [0.1, 0.15) is 71.8 Å². The van der Waals surface area contributed by atoms with Gasteiger partial charge in [0, 0.05) is 37.7 Å². The van der Waals surface area contributed by atoms with Gasteiger partial charge in [0.15, 0.2) is 11.5 Å². The number of H-pyrrole nitrogens is 1. The van der Waals surface area contributed by atoms with Gasteiger partial charge >= 0.3 is 0 Å². The van der Waals surface area contributed by atoms with Gasteiger partial charge in [0.1, 0.15) is 5.82 Å². The summed E-state index contributed by atoms with van der Waals surface area (Å²) in [4.78, 5) is 19.7. The quantitative estimate of drug-likeness (QED) is 0.928. The zero-order valence-corrected chi connectivity index (χ0v) is 14.8. The number of aromatic nitrogens is 5. The van der Waals surface area contributed by atoms with E-state index in [0.29, 0.717) is 18.2 Å². The first-order valence-electron chi connectivity index (χ1n) is 9.28. The van der Waals surface area contributed by atoms with Crippen molar-refractivity contribution in [3.05, 3.63) is 29.1 Å². The van der Waals surface area contributed by atoms with Crippen LogP contribution in [0.25, 0.3) is 0 Å². The molecule has 2 aromatic rings. The zero-order chi connectivity index (χ0) is 17.2. The van der Waals surface area contributed by atoms with Crippen molar-refractivity contribution in [1.82, 2.24) is 29.9 Å². The van der Waals surface area contributed by atoms with Gasteiger partial charge in [-0.25, -0.2) is 4.98 Å². The average Bonchev–Trinajstić information content (AvgIpc) is 3.02. The summed E-state index contributed by atoms with van der Waals surface area (Å²) in [7, 11) is 1.88. The van der Waals surface area contributed by atoms with E-state index in [0.717, 1.165) is 23.9 Å². The smallest absolute Gasteiger partial charge is 0.274 e. The van der Waals surface area contributed by atoms with Crippen molar-refractivity contribution in [3.8, 4) is 0 Å². The molecule has 5 rings (SSSR count). The van der Waals surface area contributed by atoms with Gasteiger partial charge in [0.05, 0.1) is 0 Å². The normalized spacial score (nSPS) is 24.7. The lowest BCUT2D eigenvalue weighted by molar-refractivity contribution is 0.0718. The van der Waals surface area contributed by atoms with Gasteiger partial charge in [-0.1, -0.05) is 6.42 Å². The summed E-state index contributed by atoms with van der Waals surface area (Å²) in [6.45, 7) is 3.50. The highest BCUT2D eigenvalue weighted by molar-refractivity contribution is 5.92. The number of nitrogens with one attached hydrogen (secondary N) is 1. The number of amides is 1. The molecule has 0 aromatic carbocycles. The summed E-state index contributed by atoms with van der Waals surface area (Å²) >= 11 is 0. The monoisotopic (exact) mass is 340 g/mol. The largest absolute Gasteiger partial charge is 0.336 e. The molecule has 2 aromatic heterocycles. The molecule has 2 saturated carbocycles. The molecule has 2 aliphatic carbocycles. The molecular weight excluding hydrogens is 316 g/mol. The Morgan fingerprint density at radius 2 is 2.16 bits per heavy atom. The maximum atomic E-state index is 12.9. The van der Waals surface area contributed by atoms with Crippen molar-refractivity contribution in [2.45, 2.75) is 50.9 Å². The Kier molecular flexibility index (Phi) is 3.12. The van der Waals surface area contributed by atoms with E-state index in [1.807, 2.05) is 24.9 Å². The fraction of sp³-hybridized carbons (Fsp3) is 0.667. The number of likely N-dealkylation sites (tertiary alicyclic amines) is 1. The molecule has 7 heteroatoms. The molecule has 3 heterocycles.